The summed E-state index contributed by atoms with van der Waals surface area (Å²) in [6.07, 6.45) is 0.876. The molecule has 4 heteroatoms. The average Bonchev–Trinajstić information content (AvgIpc) is 2.70. The maximum absolute atomic E-state index is 12.6. The zero-order valence-corrected chi connectivity index (χ0v) is 16.2. The van der Waals surface area contributed by atoms with E-state index in [-0.39, 0.29) is 12.0 Å². The summed E-state index contributed by atoms with van der Waals surface area (Å²) in [5, 5.41) is 2.91. The van der Waals surface area contributed by atoms with E-state index in [1.54, 1.807) is 12.1 Å². The Labute approximate surface area is 166 Å². The van der Waals surface area contributed by atoms with Gasteiger partial charge in [0.25, 0.3) is 5.91 Å². The molecule has 0 aromatic heterocycles. The van der Waals surface area contributed by atoms with Gasteiger partial charge in [0.05, 0.1) is 18.4 Å². The molecule has 0 atom stereocenters. The van der Waals surface area contributed by atoms with Crippen molar-refractivity contribution in [1.82, 2.24) is 0 Å². The van der Waals surface area contributed by atoms with E-state index in [1.807, 2.05) is 68.4 Å². The molecule has 0 heterocycles. The van der Waals surface area contributed by atoms with Gasteiger partial charge in [0.1, 0.15) is 11.5 Å². The lowest BCUT2D eigenvalue weighted by atomic mass is 10.1. The Bertz CT molecular complexity index is 889. The molecule has 0 aliphatic rings. The fourth-order valence-corrected chi connectivity index (χ4v) is 2.76. The van der Waals surface area contributed by atoms with Gasteiger partial charge in [-0.15, -0.1) is 0 Å². The monoisotopic (exact) mass is 375 g/mol. The SMILES string of the molecule is CC(C)Oc1ccccc1NC(=O)c1ccc(OCCc2ccccc2)cc1. The molecule has 0 saturated carbocycles. The Morgan fingerprint density at radius 2 is 1.57 bits per heavy atom. The normalized spacial score (nSPS) is 10.5. The number of hydrogen-bond donors (Lipinski definition) is 1. The molecule has 0 aliphatic carbocycles. The molecule has 3 aromatic carbocycles. The van der Waals surface area contributed by atoms with Crippen molar-refractivity contribution in [3.05, 3.63) is 90.0 Å². The summed E-state index contributed by atoms with van der Waals surface area (Å²) >= 11 is 0. The van der Waals surface area contributed by atoms with Crippen LogP contribution in [0.15, 0.2) is 78.9 Å². The van der Waals surface area contributed by atoms with Crippen molar-refractivity contribution in [2.45, 2.75) is 26.4 Å². The third-order valence-electron chi connectivity index (χ3n) is 4.12. The molecule has 144 valence electrons. The quantitative estimate of drug-likeness (QED) is 0.577. The van der Waals surface area contributed by atoms with Crippen molar-refractivity contribution in [3.8, 4) is 11.5 Å². The molecule has 0 aliphatic heterocycles. The number of carbonyl (C=O) groups excluding carboxylic acids is 1. The van der Waals surface area contributed by atoms with Crippen LogP contribution in [0.25, 0.3) is 0 Å². The summed E-state index contributed by atoms with van der Waals surface area (Å²) in [4.78, 5) is 12.6. The molecule has 3 rings (SSSR count). The van der Waals surface area contributed by atoms with E-state index >= 15 is 0 Å². The number of carbonyl (C=O) groups is 1. The first kappa shape index (κ1) is 19.5. The Hall–Kier alpha value is -3.27. The topological polar surface area (TPSA) is 47.6 Å². The van der Waals surface area contributed by atoms with E-state index in [1.165, 1.54) is 5.56 Å². The van der Waals surface area contributed by atoms with Crippen LogP contribution in [0.5, 0.6) is 11.5 Å². The van der Waals surface area contributed by atoms with E-state index in [2.05, 4.69) is 17.4 Å². The minimum absolute atomic E-state index is 0.0328. The number of benzene rings is 3. The number of amides is 1. The number of rotatable bonds is 8. The van der Waals surface area contributed by atoms with Gasteiger partial charge in [0.2, 0.25) is 0 Å². The Balaban J connectivity index is 1.57. The first-order valence-electron chi connectivity index (χ1n) is 9.45. The second-order valence-electron chi connectivity index (χ2n) is 6.73. The maximum Gasteiger partial charge on any atom is 0.255 e. The van der Waals surface area contributed by atoms with Gasteiger partial charge in [-0.1, -0.05) is 42.5 Å². The largest absolute Gasteiger partial charge is 0.493 e. The average molecular weight is 375 g/mol. The van der Waals surface area contributed by atoms with E-state index < -0.39 is 0 Å². The van der Waals surface area contributed by atoms with E-state index in [4.69, 9.17) is 9.47 Å². The van der Waals surface area contributed by atoms with Gasteiger partial charge >= 0.3 is 0 Å². The lowest BCUT2D eigenvalue weighted by Gasteiger charge is -2.15. The van der Waals surface area contributed by atoms with Crippen LogP contribution in [0.3, 0.4) is 0 Å². The molecule has 0 unspecified atom stereocenters. The highest BCUT2D eigenvalue weighted by molar-refractivity contribution is 6.05. The van der Waals surface area contributed by atoms with Crippen LogP contribution in [0.1, 0.15) is 29.8 Å². The molecule has 0 fully saturated rings. The van der Waals surface area contributed by atoms with Gasteiger partial charge in [-0.3, -0.25) is 4.79 Å². The minimum Gasteiger partial charge on any atom is -0.493 e. The van der Waals surface area contributed by atoms with Crippen LogP contribution in [0.4, 0.5) is 5.69 Å². The zero-order valence-electron chi connectivity index (χ0n) is 16.2. The number of hydrogen-bond acceptors (Lipinski definition) is 3. The first-order chi connectivity index (χ1) is 13.6. The second-order valence-corrected chi connectivity index (χ2v) is 6.73. The lowest BCUT2D eigenvalue weighted by molar-refractivity contribution is 0.102. The van der Waals surface area contributed by atoms with Crippen molar-refractivity contribution >= 4 is 11.6 Å². The molecule has 0 saturated heterocycles. The van der Waals surface area contributed by atoms with Gasteiger partial charge in [0, 0.05) is 12.0 Å². The second kappa shape index (κ2) is 9.60. The maximum atomic E-state index is 12.6. The van der Waals surface area contributed by atoms with Gasteiger partial charge in [0.15, 0.2) is 0 Å². The standard InChI is InChI=1S/C24H25NO3/c1-18(2)28-23-11-7-6-10-22(23)25-24(26)20-12-14-21(15-13-20)27-17-16-19-8-4-3-5-9-19/h3-15,18H,16-17H2,1-2H3,(H,25,26). The molecule has 0 spiro atoms. The van der Waals surface area contributed by atoms with Gasteiger partial charge in [-0.05, 0) is 55.8 Å². The highest BCUT2D eigenvalue weighted by Crippen LogP contribution is 2.25. The molecular formula is C24H25NO3. The molecule has 28 heavy (non-hydrogen) atoms. The molecule has 4 nitrogen and oxygen atoms in total. The van der Waals surface area contributed by atoms with E-state index in [9.17, 15) is 4.79 Å². The number of anilines is 1. The van der Waals surface area contributed by atoms with Crippen molar-refractivity contribution in [2.75, 3.05) is 11.9 Å². The van der Waals surface area contributed by atoms with Gasteiger partial charge in [-0.2, -0.15) is 0 Å². The van der Waals surface area contributed by atoms with Crippen molar-refractivity contribution in [2.24, 2.45) is 0 Å². The summed E-state index contributed by atoms with van der Waals surface area (Å²) in [6.45, 7) is 4.50. The van der Waals surface area contributed by atoms with Crippen molar-refractivity contribution in [3.63, 3.8) is 0 Å². The van der Waals surface area contributed by atoms with Gasteiger partial charge < -0.3 is 14.8 Å². The fourth-order valence-electron chi connectivity index (χ4n) is 2.76. The zero-order chi connectivity index (χ0) is 19.8. The Morgan fingerprint density at radius 1 is 0.893 bits per heavy atom. The molecule has 0 bridgehead atoms. The van der Waals surface area contributed by atoms with E-state index in [0.717, 1.165) is 12.2 Å². The highest BCUT2D eigenvalue weighted by atomic mass is 16.5. The van der Waals surface area contributed by atoms with Gasteiger partial charge in [-0.25, -0.2) is 0 Å². The smallest absolute Gasteiger partial charge is 0.255 e. The molecule has 0 radical (unpaired) electrons. The fraction of sp³-hybridized carbons (Fsp3) is 0.208. The number of nitrogens with one attached hydrogen (secondary N) is 1. The lowest BCUT2D eigenvalue weighted by Crippen LogP contribution is -2.14. The Morgan fingerprint density at radius 3 is 2.29 bits per heavy atom. The first-order valence-corrected chi connectivity index (χ1v) is 9.45. The summed E-state index contributed by atoms with van der Waals surface area (Å²) in [6, 6.07) is 24.8. The molecular weight excluding hydrogens is 350 g/mol. The van der Waals surface area contributed by atoms with Crippen LogP contribution in [-0.2, 0) is 6.42 Å². The molecule has 3 aromatic rings. The van der Waals surface area contributed by atoms with Crippen molar-refractivity contribution < 1.29 is 14.3 Å². The van der Waals surface area contributed by atoms with E-state index in [0.29, 0.717) is 23.6 Å². The summed E-state index contributed by atoms with van der Waals surface area (Å²) in [5.74, 6) is 1.22. The third kappa shape index (κ3) is 5.61. The predicted octanol–water partition coefficient (Wildman–Crippen LogP) is 5.35. The Kier molecular flexibility index (Phi) is 6.68. The van der Waals surface area contributed by atoms with Crippen molar-refractivity contribution in [1.29, 1.82) is 0 Å². The predicted molar refractivity (Wildman–Crippen MR) is 112 cm³/mol. The molecule has 1 amide bonds. The number of para-hydroxylation sites is 2. The summed E-state index contributed by atoms with van der Waals surface area (Å²) < 4.78 is 11.5. The number of ether oxygens (including phenoxy) is 2. The molecule has 1 N–H and O–H groups in total. The van der Waals surface area contributed by atoms with Crippen LogP contribution < -0.4 is 14.8 Å². The van der Waals surface area contributed by atoms with Crippen LogP contribution in [0.2, 0.25) is 0 Å². The third-order valence-corrected chi connectivity index (χ3v) is 4.12. The minimum atomic E-state index is -0.185. The highest BCUT2D eigenvalue weighted by Gasteiger charge is 2.11. The summed E-state index contributed by atoms with van der Waals surface area (Å²) in [5.41, 5.74) is 2.46. The van der Waals surface area contributed by atoms with Crippen LogP contribution in [0, 0.1) is 0 Å². The van der Waals surface area contributed by atoms with Crippen LogP contribution in [-0.4, -0.2) is 18.6 Å². The summed E-state index contributed by atoms with van der Waals surface area (Å²) in [7, 11) is 0. The van der Waals surface area contributed by atoms with Crippen LogP contribution >= 0.6 is 0 Å².